The zero-order chi connectivity index (χ0) is 8.55. The number of rotatable bonds is 1. The van der Waals surface area contributed by atoms with Gasteiger partial charge in [0.15, 0.2) is 22.2 Å². The van der Waals surface area contributed by atoms with Gasteiger partial charge in [0.2, 0.25) is 0 Å². The topological polar surface area (TPSA) is 76.2 Å². The average molecular weight is 184 g/mol. The van der Waals surface area contributed by atoms with E-state index >= 15 is 0 Å². The number of fused-ring (bicyclic) bond motifs is 1. The van der Waals surface area contributed by atoms with Gasteiger partial charge in [-0.05, 0) is 12.1 Å². The molecule has 0 aliphatic carbocycles. The van der Waals surface area contributed by atoms with Crippen LogP contribution >= 0.6 is 0 Å². The van der Waals surface area contributed by atoms with Crippen molar-refractivity contribution in [3.8, 4) is 0 Å². The van der Waals surface area contributed by atoms with E-state index in [9.17, 15) is 4.21 Å². The molecular formula is C6H4N2O3S. The predicted octanol–water partition coefficient (Wildman–Crippen LogP) is 0.803. The Morgan fingerprint density at radius 1 is 1.50 bits per heavy atom. The van der Waals surface area contributed by atoms with Gasteiger partial charge in [-0.2, -0.15) is 0 Å². The van der Waals surface area contributed by atoms with Gasteiger partial charge in [-0.1, -0.05) is 6.07 Å². The Morgan fingerprint density at radius 3 is 3.08 bits per heavy atom. The van der Waals surface area contributed by atoms with Crippen LogP contribution in [0.1, 0.15) is 0 Å². The minimum Gasteiger partial charge on any atom is -0.337 e. The summed E-state index contributed by atoms with van der Waals surface area (Å²) in [6, 6.07) is 4.74. The van der Waals surface area contributed by atoms with Crippen LogP contribution in [-0.4, -0.2) is 19.1 Å². The van der Waals surface area contributed by atoms with Crippen molar-refractivity contribution in [2.75, 3.05) is 0 Å². The van der Waals surface area contributed by atoms with Crippen molar-refractivity contribution in [2.24, 2.45) is 0 Å². The maximum Gasteiger partial charge on any atom is 0.188 e. The van der Waals surface area contributed by atoms with Crippen LogP contribution in [0.2, 0.25) is 0 Å². The summed E-state index contributed by atoms with van der Waals surface area (Å²) in [7, 11) is 0. The molecule has 0 saturated carbocycles. The number of hydrogen-bond acceptors (Lipinski definition) is 4. The van der Waals surface area contributed by atoms with Gasteiger partial charge in [0.05, 0.1) is 4.90 Å². The molecule has 12 heavy (non-hydrogen) atoms. The summed E-state index contributed by atoms with van der Waals surface area (Å²) < 4.78 is 24.2. The van der Waals surface area contributed by atoms with E-state index < -0.39 is 11.1 Å². The third-order valence-corrected chi connectivity index (χ3v) is 2.14. The molecule has 1 heterocycles. The summed E-state index contributed by atoms with van der Waals surface area (Å²) in [5, 5.41) is 6.84. The van der Waals surface area contributed by atoms with Gasteiger partial charge in [0.25, 0.3) is 0 Å². The first-order valence-electron chi connectivity index (χ1n) is 3.11. The number of hydrogen-bond donors (Lipinski definition) is 1. The van der Waals surface area contributed by atoms with Crippen molar-refractivity contribution in [1.82, 2.24) is 10.4 Å². The van der Waals surface area contributed by atoms with Gasteiger partial charge < -0.3 is 9.08 Å². The first-order valence-corrected chi connectivity index (χ1v) is 4.21. The second kappa shape index (κ2) is 2.65. The molecule has 62 valence electrons. The lowest BCUT2D eigenvalue weighted by molar-refractivity contribution is 0.424. The Hall–Kier alpha value is -1.27. The Bertz CT molecular complexity index is 439. The molecule has 0 radical (unpaired) electrons. The average Bonchev–Trinajstić information content (AvgIpc) is 2.49. The van der Waals surface area contributed by atoms with Crippen LogP contribution in [0.5, 0.6) is 0 Å². The molecular weight excluding hydrogens is 180 g/mol. The summed E-state index contributed by atoms with van der Waals surface area (Å²) in [5.41, 5.74) is 0.744. The van der Waals surface area contributed by atoms with E-state index in [1.165, 1.54) is 6.07 Å². The van der Waals surface area contributed by atoms with Crippen LogP contribution in [0.15, 0.2) is 27.6 Å². The third kappa shape index (κ3) is 1.01. The summed E-state index contributed by atoms with van der Waals surface area (Å²) in [6.45, 7) is 0. The van der Waals surface area contributed by atoms with Gasteiger partial charge in [-0.15, -0.1) is 5.10 Å². The second-order valence-electron chi connectivity index (χ2n) is 2.12. The van der Waals surface area contributed by atoms with E-state index in [0.717, 1.165) is 0 Å². The highest BCUT2D eigenvalue weighted by Gasteiger charge is 2.09. The van der Waals surface area contributed by atoms with Crippen LogP contribution in [0, 0.1) is 0 Å². The minimum atomic E-state index is -2.04. The van der Waals surface area contributed by atoms with Gasteiger partial charge >= 0.3 is 0 Å². The monoisotopic (exact) mass is 184 g/mol. The summed E-state index contributed by atoms with van der Waals surface area (Å²) >= 11 is -2.04. The van der Waals surface area contributed by atoms with Gasteiger partial charge in [0.1, 0.15) is 0 Å². The van der Waals surface area contributed by atoms with E-state index in [2.05, 4.69) is 10.4 Å². The van der Waals surface area contributed by atoms with Crippen molar-refractivity contribution >= 4 is 22.2 Å². The van der Waals surface area contributed by atoms with Crippen LogP contribution in [-0.2, 0) is 11.1 Å². The molecule has 2 rings (SSSR count). The van der Waals surface area contributed by atoms with Crippen molar-refractivity contribution in [3.05, 3.63) is 18.2 Å². The SMILES string of the molecule is O=S(O)c1cccc2onnc12. The van der Waals surface area contributed by atoms with E-state index in [1.807, 2.05) is 0 Å². The molecule has 0 amide bonds. The highest BCUT2D eigenvalue weighted by molar-refractivity contribution is 7.79. The highest BCUT2D eigenvalue weighted by atomic mass is 32.2. The van der Waals surface area contributed by atoms with Crippen molar-refractivity contribution in [3.63, 3.8) is 0 Å². The smallest absolute Gasteiger partial charge is 0.188 e. The molecule has 2 aromatic rings. The Morgan fingerprint density at radius 2 is 2.33 bits per heavy atom. The molecule has 6 heteroatoms. The van der Waals surface area contributed by atoms with E-state index in [-0.39, 0.29) is 4.90 Å². The zero-order valence-electron chi connectivity index (χ0n) is 5.80. The van der Waals surface area contributed by atoms with Gasteiger partial charge in [-0.25, -0.2) is 4.21 Å². The fraction of sp³-hybridized carbons (Fsp3) is 0. The van der Waals surface area contributed by atoms with Crippen LogP contribution in [0.3, 0.4) is 0 Å². The molecule has 0 aliphatic heterocycles. The first kappa shape index (κ1) is 7.38. The minimum absolute atomic E-state index is 0.216. The second-order valence-corrected chi connectivity index (χ2v) is 3.06. The molecule has 0 bridgehead atoms. The molecule has 1 unspecified atom stereocenters. The molecule has 1 atom stereocenters. The van der Waals surface area contributed by atoms with Crippen LogP contribution < -0.4 is 0 Å². The Kier molecular flexibility index (Phi) is 1.63. The molecule has 0 saturated heterocycles. The maximum atomic E-state index is 10.7. The van der Waals surface area contributed by atoms with Gasteiger partial charge in [0, 0.05) is 5.27 Å². The number of aromatic nitrogens is 2. The fourth-order valence-electron chi connectivity index (χ4n) is 0.921. The van der Waals surface area contributed by atoms with Crippen LogP contribution in [0.25, 0.3) is 11.1 Å². The lowest BCUT2D eigenvalue weighted by atomic mass is 10.3. The third-order valence-electron chi connectivity index (χ3n) is 1.43. The maximum absolute atomic E-state index is 10.7. The number of benzene rings is 1. The molecule has 1 aromatic heterocycles. The van der Waals surface area contributed by atoms with Crippen molar-refractivity contribution in [2.45, 2.75) is 4.90 Å². The molecule has 1 N–H and O–H groups in total. The molecule has 0 fully saturated rings. The molecule has 5 nitrogen and oxygen atoms in total. The van der Waals surface area contributed by atoms with Gasteiger partial charge in [-0.3, -0.25) is 0 Å². The van der Waals surface area contributed by atoms with E-state index in [4.69, 9.17) is 9.08 Å². The quantitative estimate of drug-likeness (QED) is 0.663. The van der Waals surface area contributed by atoms with E-state index in [1.54, 1.807) is 12.1 Å². The predicted molar refractivity (Wildman–Crippen MR) is 40.8 cm³/mol. The normalized spacial score (nSPS) is 13.4. The highest BCUT2D eigenvalue weighted by Crippen LogP contribution is 2.17. The van der Waals surface area contributed by atoms with Crippen molar-refractivity contribution in [1.29, 1.82) is 0 Å². The zero-order valence-corrected chi connectivity index (χ0v) is 6.61. The molecule has 1 aromatic carbocycles. The summed E-state index contributed by atoms with van der Waals surface area (Å²) in [5.74, 6) is 0. The van der Waals surface area contributed by atoms with E-state index in [0.29, 0.717) is 11.1 Å². The largest absolute Gasteiger partial charge is 0.337 e. The first-order chi connectivity index (χ1) is 5.79. The summed E-state index contributed by atoms with van der Waals surface area (Å²) in [6.07, 6.45) is 0. The Labute approximate surface area is 69.6 Å². The lowest BCUT2D eigenvalue weighted by Crippen LogP contribution is -1.88. The number of nitrogens with zero attached hydrogens (tertiary/aromatic N) is 2. The standard InChI is InChI=1S/C6H4N2O3S/c9-12(10)5-3-1-2-4-6(5)7-8-11-4/h1-3H,(H,9,10). The van der Waals surface area contributed by atoms with Crippen molar-refractivity contribution < 1.29 is 13.3 Å². The fourth-order valence-corrected chi connectivity index (χ4v) is 1.42. The van der Waals surface area contributed by atoms with Crippen LogP contribution in [0.4, 0.5) is 0 Å². The Balaban J connectivity index is 2.82. The molecule has 0 aliphatic rings. The lowest BCUT2D eigenvalue weighted by Gasteiger charge is -1.91. The molecule has 0 spiro atoms. The summed E-state index contributed by atoms with van der Waals surface area (Å²) in [4.78, 5) is 0.216.